The zero-order valence-corrected chi connectivity index (χ0v) is 13.7. The molecule has 7 heteroatoms. The van der Waals surface area contributed by atoms with E-state index in [9.17, 15) is 4.79 Å². The third-order valence-corrected chi connectivity index (χ3v) is 5.59. The third-order valence-electron chi connectivity index (χ3n) is 4.53. The lowest BCUT2D eigenvalue weighted by atomic mass is 9.91. The van der Waals surface area contributed by atoms with Gasteiger partial charge in [-0.3, -0.25) is 9.78 Å². The number of piperidine rings is 1. The SMILES string of the molecule is Cc1csc([C@H]2C[C@@H]3CCN(C(=O)c4cnccn4)C[C@H]3O2)n1. The van der Waals surface area contributed by atoms with Gasteiger partial charge >= 0.3 is 0 Å². The lowest BCUT2D eigenvalue weighted by Gasteiger charge is -2.33. The Morgan fingerprint density at radius 1 is 1.43 bits per heavy atom. The summed E-state index contributed by atoms with van der Waals surface area (Å²) in [5.74, 6) is 0.448. The lowest BCUT2D eigenvalue weighted by Crippen LogP contribution is -2.45. The summed E-state index contributed by atoms with van der Waals surface area (Å²) in [5.41, 5.74) is 1.44. The minimum atomic E-state index is -0.0614. The highest BCUT2D eigenvalue weighted by molar-refractivity contribution is 7.09. The van der Waals surface area contributed by atoms with E-state index in [1.54, 1.807) is 23.7 Å². The second kappa shape index (κ2) is 5.98. The molecule has 23 heavy (non-hydrogen) atoms. The van der Waals surface area contributed by atoms with Crippen LogP contribution in [0.1, 0.15) is 40.1 Å². The van der Waals surface area contributed by atoms with Crippen LogP contribution in [-0.2, 0) is 4.74 Å². The molecule has 3 atom stereocenters. The first-order valence-corrected chi connectivity index (χ1v) is 8.71. The molecule has 0 radical (unpaired) electrons. The Morgan fingerprint density at radius 3 is 3.09 bits per heavy atom. The van der Waals surface area contributed by atoms with Crippen LogP contribution in [0, 0.1) is 12.8 Å². The first-order chi connectivity index (χ1) is 11.2. The number of fused-ring (bicyclic) bond motifs is 1. The van der Waals surface area contributed by atoms with Crippen LogP contribution >= 0.6 is 11.3 Å². The standard InChI is InChI=1S/C16H18N4O2S/c1-10-9-23-15(19-10)13-6-11-2-5-20(8-14(11)22-13)16(21)12-7-17-3-4-18-12/h3-4,7,9,11,13-14H,2,5-6,8H2,1H3/t11-,13+,14+/m0/s1. The highest BCUT2D eigenvalue weighted by Gasteiger charge is 2.41. The van der Waals surface area contributed by atoms with Crippen LogP contribution in [0.4, 0.5) is 0 Å². The van der Waals surface area contributed by atoms with Gasteiger partial charge in [-0.1, -0.05) is 0 Å². The van der Waals surface area contributed by atoms with Gasteiger partial charge in [0, 0.05) is 36.6 Å². The second-order valence-corrected chi connectivity index (χ2v) is 7.01. The average molecular weight is 330 g/mol. The molecule has 4 heterocycles. The van der Waals surface area contributed by atoms with E-state index in [2.05, 4.69) is 20.3 Å². The number of amides is 1. The van der Waals surface area contributed by atoms with Crippen LogP contribution in [0.15, 0.2) is 24.0 Å². The number of aromatic nitrogens is 3. The van der Waals surface area contributed by atoms with Crippen molar-refractivity contribution in [2.45, 2.75) is 32.0 Å². The number of hydrogen-bond acceptors (Lipinski definition) is 6. The summed E-state index contributed by atoms with van der Waals surface area (Å²) in [7, 11) is 0. The smallest absolute Gasteiger partial charge is 0.274 e. The van der Waals surface area contributed by atoms with Crippen molar-refractivity contribution < 1.29 is 9.53 Å². The van der Waals surface area contributed by atoms with E-state index in [1.807, 2.05) is 11.8 Å². The first-order valence-electron chi connectivity index (χ1n) is 7.83. The summed E-state index contributed by atoms with van der Waals surface area (Å²) < 4.78 is 6.20. The highest BCUT2D eigenvalue weighted by Crippen LogP contribution is 2.41. The summed E-state index contributed by atoms with van der Waals surface area (Å²) in [6, 6.07) is 0. The average Bonchev–Trinajstić information content (AvgIpc) is 3.20. The Labute approximate surface area is 138 Å². The van der Waals surface area contributed by atoms with Gasteiger partial charge in [0.2, 0.25) is 0 Å². The number of ether oxygens (including phenoxy) is 1. The Kier molecular flexibility index (Phi) is 3.82. The van der Waals surface area contributed by atoms with Gasteiger partial charge in [0.1, 0.15) is 16.8 Å². The van der Waals surface area contributed by atoms with Gasteiger partial charge in [-0.15, -0.1) is 11.3 Å². The van der Waals surface area contributed by atoms with Crippen LogP contribution in [0.5, 0.6) is 0 Å². The Hall–Kier alpha value is -1.86. The van der Waals surface area contributed by atoms with E-state index in [1.165, 1.54) is 6.20 Å². The molecule has 2 aromatic rings. The molecular formula is C16H18N4O2S. The molecule has 0 bridgehead atoms. The number of likely N-dealkylation sites (tertiary alicyclic amines) is 1. The zero-order chi connectivity index (χ0) is 15.8. The predicted octanol–water partition coefficient (Wildman–Crippen LogP) is 2.23. The van der Waals surface area contributed by atoms with Gasteiger partial charge in [0.05, 0.1) is 12.3 Å². The van der Waals surface area contributed by atoms with Crippen molar-refractivity contribution >= 4 is 17.2 Å². The molecule has 0 aliphatic carbocycles. The quantitative estimate of drug-likeness (QED) is 0.845. The van der Waals surface area contributed by atoms with E-state index in [4.69, 9.17) is 4.74 Å². The molecule has 0 unspecified atom stereocenters. The van der Waals surface area contributed by atoms with E-state index in [0.29, 0.717) is 18.2 Å². The molecule has 0 saturated carbocycles. The number of carbonyl (C=O) groups is 1. The van der Waals surface area contributed by atoms with E-state index < -0.39 is 0 Å². The fraction of sp³-hybridized carbons (Fsp3) is 0.500. The Bertz CT molecular complexity index is 705. The maximum atomic E-state index is 12.5. The van der Waals surface area contributed by atoms with Crippen molar-refractivity contribution in [1.29, 1.82) is 0 Å². The van der Waals surface area contributed by atoms with Gasteiger partial charge in [-0.2, -0.15) is 0 Å². The summed E-state index contributed by atoms with van der Waals surface area (Å²) >= 11 is 1.66. The second-order valence-electron chi connectivity index (χ2n) is 6.12. The predicted molar refractivity (Wildman–Crippen MR) is 85.1 cm³/mol. The molecule has 0 aromatic carbocycles. The molecule has 2 fully saturated rings. The van der Waals surface area contributed by atoms with Gasteiger partial charge in [-0.25, -0.2) is 9.97 Å². The van der Waals surface area contributed by atoms with Crippen molar-refractivity contribution in [3.05, 3.63) is 40.4 Å². The lowest BCUT2D eigenvalue weighted by molar-refractivity contribution is -0.00468. The summed E-state index contributed by atoms with van der Waals surface area (Å²) in [6.07, 6.45) is 6.79. The van der Waals surface area contributed by atoms with Crippen molar-refractivity contribution in [3.8, 4) is 0 Å². The van der Waals surface area contributed by atoms with E-state index in [-0.39, 0.29) is 18.1 Å². The minimum Gasteiger partial charge on any atom is -0.366 e. The number of nitrogens with zero attached hydrogens (tertiary/aromatic N) is 4. The fourth-order valence-corrected chi connectivity index (χ4v) is 4.21. The van der Waals surface area contributed by atoms with Gasteiger partial charge in [0.25, 0.3) is 5.91 Å². The highest BCUT2D eigenvalue weighted by atomic mass is 32.1. The van der Waals surface area contributed by atoms with Gasteiger partial charge < -0.3 is 9.64 Å². The Morgan fingerprint density at radius 2 is 2.35 bits per heavy atom. The van der Waals surface area contributed by atoms with Crippen molar-refractivity contribution in [2.24, 2.45) is 5.92 Å². The first kappa shape index (κ1) is 14.7. The van der Waals surface area contributed by atoms with Crippen LogP contribution in [-0.4, -0.2) is 45.0 Å². The molecule has 4 rings (SSSR count). The molecule has 0 N–H and O–H groups in total. The van der Waals surface area contributed by atoms with E-state index in [0.717, 1.165) is 30.1 Å². The number of aryl methyl sites for hydroxylation is 1. The normalized spacial score (nSPS) is 27.0. The van der Waals surface area contributed by atoms with Crippen LogP contribution in [0.25, 0.3) is 0 Å². The monoisotopic (exact) mass is 330 g/mol. The third kappa shape index (κ3) is 2.86. The largest absolute Gasteiger partial charge is 0.366 e. The summed E-state index contributed by atoms with van der Waals surface area (Å²) in [5, 5.41) is 3.12. The number of thiazole rings is 1. The summed E-state index contributed by atoms with van der Waals surface area (Å²) in [4.78, 5) is 27.0. The maximum Gasteiger partial charge on any atom is 0.274 e. The fourth-order valence-electron chi connectivity index (χ4n) is 3.37. The van der Waals surface area contributed by atoms with Crippen molar-refractivity contribution in [3.63, 3.8) is 0 Å². The van der Waals surface area contributed by atoms with E-state index >= 15 is 0 Å². The zero-order valence-electron chi connectivity index (χ0n) is 12.9. The van der Waals surface area contributed by atoms with Crippen LogP contribution in [0.3, 0.4) is 0 Å². The van der Waals surface area contributed by atoms with Crippen molar-refractivity contribution in [2.75, 3.05) is 13.1 Å². The van der Waals surface area contributed by atoms with Crippen LogP contribution in [0.2, 0.25) is 0 Å². The molecule has 120 valence electrons. The maximum absolute atomic E-state index is 12.5. The topological polar surface area (TPSA) is 68.2 Å². The Balaban J connectivity index is 1.44. The van der Waals surface area contributed by atoms with Gasteiger partial charge in [-0.05, 0) is 25.7 Å². The molecule has 2 aliphatic heterocycles. The van der Waals surface area contributed by atoms with Gasteiger partial charge in [0.15, 0.2) is 0 Å². The molecule has 6 nitrogen and oxygen atoms in total. The van der Waals surface area contributed by atoms with Crippen molar-refractivity contribution in [1.82, 2.24) is 19.9 Å². The number of rotatable bonds is 2. The number of carbonyl (C=O) groups excluding carboxylic acids is 1. The molecular weight excluding hydrogens is 312 g/mol. The molecule has 2 aliphatic rings. The molecule has 0 spiro atoms. The summed E-state index contributed by atoms with van der Waals surface area (Å²) in [6.45, 7) is 3.38. The molecule has 2 saturated heterocycles. The number of hydrogen-bond donors (Lipinski definition) is 0. The minimum absolute atomic E-state index is 0.0614. The van der Waals surface area contributed by atoms with Crippen LogP contribution < -0.4 is 0 Å². The molecule has 2 aromatic heterocycles. The molecule has 1 amide bonds.